The van der Waals surface area contributed by atoms with Gasteiger partial charge in [0.15, 0.2) is 5.78 Å². The predicted octanol–water partition coefficient (Wildman–Crippen LogP) is 3.54. The van der Waals surface area contributed by atoms with Crippen molar-refractivity contribution in [2.75, 3.05) is 13.2 Å². The number of aliphatic hydroxyl groups is 2. The summed E-state index contributed by atoms with van der Waals surface area (Å²) in [5, 5.41) is 22.0. The van der Waals surface area contributed by atoms with E-state index in [4.69, 9.17) is 18.9 Å². The van der Waals surface area contributed by atoms with E-state index in [9.17, 15) is 24.6 Å². The van der Waals surface area contributed by atoms with Gasteiger partial charge in [-0.05, 0) is 63.1 Å². The van der Waals surface area contributed by atoms with Crippen LogP contribution in [-0.2, 0) is 36.7 Å². The predicted molar refractivity (Wildman–Crippen MR) is 149 cm³/mol. The zero-order valence-corrected chi connectivity index (χ0v) is 23.4. The Kier molecular flexibility index (Phi) is 11.6. The van der Waals surface area contributed by atoms with Crippen LogP contribution in [0.1, 0.15) is 38.8 Å². The van der Waals surface area contributed by atoms with Crippen LogP contribution in [0.3, 0.4) is 0 Å². The van der Waals surface area contributed by atoms with Crippen LogP contribution in [0.2, 0.25) is 0 Å². The summed E-state index contributed by atoms with van der Waals surface area (Å²) < 4.78 is 21.3. The fourth-order valence-electron chi connectivity index (χ4n) is 3.93. The number of hydrogen-bond donors (Lipinski definition) is 2. The smallest absolute Gasteiger partial charge is 0.330 e. The number of hydrogen-bond acceptors (Lipinski definition) is 9. The van der Waals surface area contributed by atoms with Gasteiger partial charge in [0.2, 0.25) is 0 Å². The van der Waals surface area contributed by atoms with E-state index in [2.05, 4.69) is 13.2 Å². The normalized spacial score (nSPS) is 15.3. The van der Waals surface area contributed by atoms with Crippen molar-refractivity contribution in [3.63, 3.8) is 0 Å². The molecule has 0 heterocycles. The van der Waals surface area contributed by atoms with Crippen LogP contribution in [0.15, 0.2) is 73.8 Å². The molecule has 9 nitrogen and oxygen atoms in total. The monoisotopic (exact) mass is 554 g/mol. The second kappa shape index (κ2) is 14.4. The molecule has 0 fully saturated rings. The molecule has 2 aromatic carbocycles. The quantitative estimate of drug-likeness (QED) is 0.236. The molecule has 0 saturated heterocycles. The average molecular weight is 555 g/mol. The van der Waals surface area contributed by atoms with Crippen LogP contribution in [0, 0.1) is 0 Å². The molecule has 0 aromatic heterocycles. The van der Waals surface area contributed by atoms with E-state index >= 15 is 0 Å². The molecule has 0 saturated carbocycles. The number of benzene rings is 2. The largest absolute Gasteiger partial charge is 0.490 e. The van der Waals surface area contributed by atoms with Gasteiger partial charge in [-0.2, -0.15) is 0 Å². The molecule has 2 N–H and O–H groups in total. The minimum atomic E-state index is -1.83. The lowest BCUT2D eigenvalue weighted by atomic mass is 9.80. The summed E-state index contributed by atoms with van der Waals surface area (Å²) in [5.41, 5.74) is -2.33. The van der Waals surface area contributed by atoms with Crippen LogP contribution in [-0.4, -0.2) is 64.6 Å². The van der Waals surface area contributed by atoms with Crippen molar-refractivity contribution >= 4 is 17.7 Å². The van der Waals surface area contributed by atoms with Crippen molar-refractivity contribution in [1.82, 2.24) is 0 Å². The van der Waals surface area contributed by atoms with E-state index in [1.165, 1.54) is 13.8 Å². The molecule has 0 aliphatic rings. The van der Waals surface area contributed by atoms with E-state index in [0.29, 0.717) is 22.6 Å². The maximum atomic E-state index is 13.2. The van der Waals surface area contributed by atoms with Gasteiger partial charge in [-0.3, -0.25) is 4.79 Å². The first kappa shape index (κ1) is 32.3. The van der Waals surface area contributed by atoms with Crippen LogP contribution in [0.25, 0.3) is 0 Å². The molecule has 2 aromatic rings. The number of rotatable bonds is 16. The molecule has 0 radical (unpaired) electrons. The second-order valence-corrected chi connectivity index (χ2v) is 10.0. The van der Waals surface area contributed by atoms with E-state index in [-0.39, 0.29) is 26.1 Å². The summed E-state index contributed by atoms with van der Waals surface area (Å²) in [5.74, 6) is -0.714. The van der Waals surface area contributed by atoms with Crippen molar-refractivity contribution < 1.29 is 43.5 Å². The van der Waals surface area contributed by atoms with Gasteiger partial charge >= 0.3 is 11.9 Å². The van der Waals surface area contributed by atoms with E-state index in [1.807, 2.05) is 0 Å². The Labute approximate surface area is 235 Å². The van der Waals surface area contributed by atoms with Crippen molar-refractivity contribution in [3.8, 4) is 11.5 Å². The van der Waals surface area contributed by atoms with Gasteiger partial charge in [-0.1, -0.05) is 37.4 Å². The summed E-state index contributed by atoms with van der Waals surface area (Å²) >= 11 is 0. The topological polar surface area (TPSA) is 129 Å². The van der Waals surface area contributed by atoms with Gasteiger partial charge < -0.3 is 29.2 Å². The van der Waals surface area contributed by atoms with E-state index < -0.39 is 41.1 Å². The lowest BCUT2D eigenvalue weighted by Gasteiger charge is -2.31. The molecule has 0 amide bonds. The van der Waals surface area contributed by atoms with Crippen molar-refractivity contribution in [1.29, 1.82) is 0 Å². The third-order valence-corrected chi connectivity index (χ3v) is 5.86. The number of Topliss-reactive ketones (excluding diaryl/α,β-unsaturated/α-hetero) is 1. The van der Waals surface area contributed by atoms with Crippen LogP contribution >= 0.6 is 0 Å². The lowest BCUT2D eigenvalue weighted by Crippen LogP contribution is -2.52. The molecular formula is C31H38O9. The minimum Gasteiger partial charge on any atom is -0.490 e. The Balaban J connectivity index is 1.93. The zero-order chi connectivity index (χ0) is 29.9. The lowest BCUT2D eigenvalue weighted by molar-refractivity contribution is -0.153. The van der Waals surface area contributed by atoms with E-state index in [1.54, 1.807) is 62.4 Å². The molecule has 4 unspecified atom stereocenters. The number of carbonyl (C=O) groups is 3. The van der Waals surface area contributed by atoms with Crippen LogP contribution in [0.4, 0.5) is 0 Å². The van der Waals surface area contributed by atoms with Crippen molar-refractivity contribution in [3.05, 3.63) is 85.0 Å². The highest BCUT2D eigenvalue weighted by Gasteiger charge is 2.42. The van der Waals surface area contributed by atoms with E-state index in [0.717, 1.165) is 12.2 Å². The number of ketones is 1. The molecule has 9 heteroatoms. The highest BCUT2D eigenvalue weighted by molar-refractivity contribution is 5.94. The highest BCUT2D eigenvalue weighted by atomic mass is 16.6. The molecule has 0 aliphatic carbocycles. The van der Waals surface area contributed by atoms with Gasteiger partial charge in [0, 0.05) is 25.0 Å². The van der Waals surface area contributed by atoms with Gasteiger partial charge in [0.05, 0.1) is 0 Å². The number of esters is 2. The van der Waals surface area contributed by atoms with Gasteiger partial charge in [0.25, 0.3) is 0 Å². The average Bonchev–Trinajstić information content (AvgIpc) is 2.91. The van der Waals surface area contributed by atoms with Gasteiger partial charge in [0.1, 0.15) is 48.1 Å². The maximum Gasteiger partial charge on any atom is 0.330 e. The first-order valence-corrected chi connectivity index (χ1v) is 12.8. The molecule has 0 aliphatic heterocycles. The standard InChI is InChI=1S/C31H38O9/c1-7-27(32)39-21(3)19-37-25-13-9-23(10-14-25)17-30(5,35)29(34)31(6,36)18-24-11-15-26(16-12-24)38-20-22(4)40-28(33)8-2/h7-16,21-22,35-36H,1-2,17-20H2,3-6H3. The fourth-order valence-corrected chi connectivity index (χ4v) is 3.93. The third kappa shape index (κ3) is 10.3. The van der Waals surface area contributed by atoms with Crippen LogP contribution < -0.4 is 9.47 Å². The number of ether oxygens (including phenoxy) is 4. The molecule has 40 heavy (non-hydrogen) atoms. The molecular weight excluding hydrogens is 516 g/mol. The molecule has 216 valence electrons. The zero-order valence-electron chi connectivity index (χ0n) is 23.4. The van der Waals surface area contributed by atoms with Gasteiger partial charge in [-0.15, -0.1) is 0 Å². The SMILES string of the molecule is C=CC(=O)OC(C)COc1ccc(CC(C)(O)C(=O)C(C)(O)Cc2ccc(OCC(C)OC(=O)C=C)cc2)cc1. The first-order chi connectivity index (χ1) is 18.8. The minimum absolute atomic E-state index is 0.0169. The van der Waals surface area contributed by atoms with Gasteiger partial charge in [-0.25, -0.2) is 9.59 Å². The van der Waals surface area contributed by atoms with Crippen molar-refractivity contribution in [2.45, 2.75) is 63.9 Å². The highest BCUT2D eigenvalue weighted by Crippen LogP contribution is 2.26. The Morgan fingerprint density at radius 2 is 1.05 bits per heavy atom. The Bertz CT molecular complexity index is 1070. The summed E-state index contributed by atoms with van der Waals surface area (Å²) in [4.78, 5) is 35.7. The fraction of sp³-hybridized carbons (Fsp3) is 0.387. The summed E-state index contributed by atoms with van der Waals surface area (Å²) in [6, 6.07) is 13.6. The van der Waals surface area contributed by atoms with Crippen LogP contribution in [0.5, 0.6) is 11.5 Å². The third-order valence-electron chi connectivity index (χ3n) is 5.86. The molecule has 4 atom stereocenters. The Morgan fingerprint density at radius 1 is 0.725 bits per heavy atom. The molecule has 0 bridgehead atoms. The number of carbonyl (C=O) groups excluding carboxylic acids is 3. The van der Waals surface area contributed by atoms with Crippen molar-refractivity contribution in [2.24, 2.45) is 0 Å². The summed E-state index contributed by atoms with van der Waals surface area (Å²) in [6.07, 6.45) is 1.20. The Hall–Kier alpha value is -3.95. The summed E-state index contributed by atoms with van der Waals surface area (Å²) in [7, 11) is 0. The first-order valence-electron chi connectivity index (χ1n) is 12.8. The molecule has 2 rings (SSSR count). The Morgan fingerprint density at radius 3 is 1.35 bits per heavy atom. The molecule has 0 spiro atoms. The maximum absolute atomic E-state index is 13.2. The summed E-state index contributed by atoms with van der Waals surface area (Å²) in [6.45, 7) is 13.1. The second-order valence-electron chi connectivity index (χ2n) is 10.0.